The van der Waals surface area contributed by atoms with Gasteiger partial charge in [0.25, 0.3) is 10.0 Å². The molecule has 0 aromatic heterocycles. The van der Waals surface area contributed by atoms with Crippen LogP contribution < -0.4 is 9.62 Å². The molecule has 0 unspecified atom stereocenters. The number of amides is 2. The van der Waals surface area contributed by atoms with Gasteiger partial charge in [0.15, 0.2) is 0 Å². The molecule has 0 spiro atoms. The van der Waals surface area contributed by atoms with E-state index in [9.17, 15) is 18.0 Å². The normalized spacial score (nSPS) is 12.0. The highest BCUT2D eigenvalue weighted by molar-refractivity contribution is 7.92. The number of carbonyl (C=O) groups is 2. The van der Waals surface area contributed by atoms with E-state index in [4.69, 9.17) is 0 Å². The van der Waals surface area contributed by atoms with Crippen LogP contribution >= 0.6 is 0 Å². The van der Waals surface area contributed by atoms with E-state index >= 15 is 0 Å². The predicted octanol–water partition coefficient (Wildman–Crippen LogP) is 5.26. The number of nitrogens with zero attached hydrogens (tertiary/aromatic N) is 2. The molecule has 3 rings (SSSR count). The average Bonchev–Trinajstić information content (AvgIpc) is 2.96. The molecule has 40 heavy (non-hydrogen) atoms. The van der Waals surface area contributed by atoms with Crippen molar-refractivity contribution in [3.05, 3.63) is 95.6 Å². The summed E-state index contributed by atoms with van der Waals surface area (Å²) in [6.07, 6.45) is 2.74. The van der Waals surface area contributed by atoms with Crippen molar-refractivity contribution in [2.75, 3.05) is 23.9 Å². The van der Waals surface area contributed by atoms with E-state index in [0.717, 1.165) is 29.5 Å². The molecule has 1 N–H and O–H groups in total. The Morgan fingerprint density at radius 2 is 1.55 bits per heavy atom. The van der Waals surface area contributed by atoms with E-state index in [1.165, 1.54) is 16.4 Å². The number of aryl methyl sites for hydroxylation is 2. The Morgan fingerprint density at radius 3 is 2.17 bits per heavy atom. The molecule has 0 radical (unpaired) electrons. The third kappa shape index (κ3) is 7.94. The van der Waals surface area contributed by atoms with Crippen molar-refractivity contribution in [2.24, 2.45) is 0 Å². The Morgan fingerprint density at radius 1 is 0.900 bits per heavy atom. The number of unbranched alkanes of at least 4 members (excludes halogenated alkanes) is 1. The zero-order chi connectivity index (χ0) is 29.1. The van der Waals surface area contributed by atoms with Crippen LogP contribution in [0.25, 0.3) is 0 Å². The van der Waals surface area contributed by atoms with E-state index in [0.29, 0.717) is 25.1 Å². The Balaban J connectivity index is 2.01. The summed E-state index contributed by atoms with van der Waals surface area (Å²) in [6.45, 7) is 8.03. The molecule has 8 heteroatoms. The van der Waals surface area contributed by atoms with Gasteiger partial charge in [-0.15, -0.1) is 0 Å². The van der Waals surface area contributed by atoms with Crippen LogP contribution in [0.15, 0.2) is 83.8 Å². The second-order valence-corrected chi connectivity index (χ2v) is 11.9. The predicted molar refractivity (Wildman–Crippen MR) is 161 cm³/mol. The average molecular weight is 564 g/mol. The first-order chi connectivity index (χ1) is 19.2. The van der Waals surface area contributed by atoms with Crippen molar-refractivity contribution in [1.82, 2.24) is 10.2 Å². The maximum absolute atomic E-state index is 14.1. The zero-order valence-electron chi connectivity index (χ0n) is 24.0. The van der Waals surface area contributed by atoms with Gasteiger partial charge in [-0.3, -0.25) is 13.9 Å². The van der Waals surface area contributed by atoms with Crippen LogP contribution in [0, 0.1) is 13.8 Å². The second kappa shape index (κ2) is 14.7. The lowest BCUT2D eigenvalue weighted by Gasteiger charge is -2.33. The number of carbonyl (C=O) groups excluding carboxylic acids is 2. The van der Waals surface area contributed by atoms with E-state index < -0.39 is 28.5 Å². The first kappa shape index (κ1) is 30.9. The summed E-state index contributed by atoms with van der Waals surface area (Å²) >= 11 is 0. The van der Waals surface area contributed by atoms with Gasteiger partial charge in [0.1, 0.15) is 12.6 Å². The molecule has 0 aliphatic carbocycles. The lowest BCUT2D eigenvalue weighted by Crippen LogP contribution is -2.53. The molecule has 7 nitrogen and oxygen atoms in total. The molecule has 2 amide bonds. The van der Waals surface area contributed by atoms with Crippen molar-refractivity contribution in [3.8, 4) is 0 Å². The topological polar surface area (TPSA) is 86.8 Å². The lowest BCUT2D eigenvalue weighted by molar-refractivity contribution is -0.139. The highest BCUT2D eigenvalue weighted by Gasteiger charge is 2.33. The highest BCUT2D eigenvalue weighted by Crippen LogP contribution is 2.28. The van der Waals surface area contributed by atoms with E-state index in [-0.39, 0.29) is 17.3 Å². The summed E-state index contributed by atoms with van der Waals surface area (Å²) in [7, 11) is -4.07. The van der Waals surface area contributed by atoms with Gasteiger partial charge in [-0.1, -0.05) is 80.9 Å². The fraction of sp³-hybridized carbons (Fsp3) is 0.375. The molecular weight excluding hydrogens is 522 g/mol. The van der Waals surface area contributed by atoms with Crippen molar-refractivity contribution in [3.63, 3.8) is 0 Å². The molecule has 0 saturated carbocycles. The largest absolute Gasteiger partial charge is 0.354 e. The maximum atomic E-state index is 14.1. The zero-order valence-corrected chi connectivity index (χ0v) is 24.8. The summed E-state index contributed by atoms with van der Waals surface area (Å²) in [5.74, 6) is -0.643. The number of benzene rings is 3. The minimum atomic E-state index is -4.07. The molecule has 0 fully saturated rings. The molecule has 3 aromatic rings. The monoisotopic (exact) mass is 563 g/mol. The third-order valence-electron chi connectivity index (χ3n) is 6.94. The second-order valence-electron chi connectivity index (χ2n) is 10.0. The minimum Gasteiger partial charge on any atom is -0.354 e. The van der Waals surface area contributed by atoms with Gasteiger partial charge >= 0.3 is 0 Å². The standard InChI is InChI=1S/C32H41N3O4S/c1-5-7-21-33-32(37)29(6-2)34(22-20-27-14-10-8-11-15-27)31(36)24-35(30-23-25(3)18-19-26(30)4)40(38,39)28-16-12-9-13-17-28/h8-19,23,29H,5-7,20-22,24H2,1-4H3,(H,33,37)/t29-/m1/s1. The van der Waals surface area contributed by atoms with E-state index in [1.807, 2.05) is 70.2 Å². The Hall–Kier alpha value is -3.65. The van der Waals surface area contributed by atoms with Gasteiger partial charge in [0, 0.05) is 13.1 Å². The summed E-state index contributed by atoms with van der Waals surface area (Å²) in [4.78, 5) is 29.0. The third-order valence-corrected chi connectivity index (χ3v) is 8.72. The van der Waals surface area contributed by atoms with Crippen LogP contribution in [0.2, 0.25) is 0 Å². The fourth-order valence-electron chi connectivity index (χ4n) is 4.62. The molecule has 3 aromatic carbocycles. The van der Waals surface area contributed by atoms with Crippen LogP contribution in [0.3, 0.4) is 0 Å². The molecule has 214 valence electrons. The molecular formula is C32H41N3O4S. The first-order valence-electron chi connectivity index (χ1n) is 13.9. The molecule has 0 heterocycles. The molecule has 0 aliphatic heterocycles. The molecule has 0 saturated heterocycles. The number of rotatable bonds is 14. The molecule has 1 atom stereocenters. The van der Waals surface area contributed by atoms with Crippen LogP contribution in [-0.4, -0.2) is 50.8 Å². The van der Waals surface area contributed by atoms with Crippen LogP contribution in [0.1, 0.15) is 49.8 Å². The number of nitrogens with one attached hydrogen (secondary N) is 1. The molecule has 0 bridgehead atoms. The first-order valence-corrected chi connectivity index (χ1v) is 15.4. The summed E-state index contributed by atoms with van der Waals surface area (Å²) in [5.41, 5.74) is 3.09. The van der Waals surface area contributed by atoms with Gasteiger partial charge < -0.3 is 10.2 Å². The summed E-state index contributed by atoms with van der Waals surface area (Å²) < 4.78 is 29.1. The fourth-order valence-corrected chi connectivity index (χ4v) is 6.11. The van der Waals surface area contributed by atoms with Crippen molar-refractivity contribution < 1.29 is 18.0 Å². The number of hydrogen-bond donors (Lipinski definition) is 1. The van der Waals surface area contributed by atoms with Gasteiger partial charge in [-0.05, 0) is 68.0 Å². The van der Waals surface area contributed by atoms with Crippen LogP contribution in [-0.2, 0) is 26.0 Å². The van der Waals surface area contributed by atoms with Gasteiger partial charge in [-0.2, -0.15) is 0 Å². The number of sulfonamides is 1. The van der Waals surface area contributed by atoms with E-state index in [1.54, 1.807) is 29.2 Å². The van der Waals surface area contributed by atoms with E-state index in [2.05, 4.69) is 5.32 Å². The Bertz CT molecular complexity index is 1360. The Kier molecular flexibility index (Phi) is 11.3. The quantitative estimate of drug-likeness (QED) is 0.271. The van der Waals surface area contributed by atoms with Crippen molar-refractivity contribution >= 4 is 27.5 Å². The highest BCUT2D eigenvalue weighted by atomic mass is 32.2. The van der Waals surface area contributed by atoms with Crippen molar-refractivity contribution in [2.45, 2.75) is 64.3 Å². The van der Waals surface area contributed by atoms with Gasteiger partial charge in [-0.25, -0.2) is 8.42 Å². The number of hydrogen-bond acceptors (Lipinski definition) is 4. The SMILES string of the molecule is CCCCNC(=O)[C@@H](CC)N(CCc1ccccc1)C(=O)CN(c1cc(C)ccc1C)S(=O)(=O)c1ccccc1. The van der Waals surface area contributed by atoms with Crippen LogP contribution in [0.5, 0.6) is 0 Å². The smallest absolute Gasteiger partial charge is 0.264 e. The Labute approximate surface area is 239 Å². The van der Waals surface area contributed by atoms with Crippen LogP contribution in [0.4, 0.5) is 5.69 Å². The molecule has 0 aliphatic rings. The van der Waals surface area contributed by atoms with Crippen molar-refractivity contribution in [1.29, 1.82) is 0 Å². The minimum absolute atomic E-state index is 0.101. The van der Waals surface area contributed by atoms with Gasteiger partial charge in [0.05, 0.1) is 10.6 Å². The lowest BCUT2D eigenvalue weighted by atomic mass is 10.1. The number of anilines is 1. The maximum Gasteiger partial charge on any atom is 0.264 e. The summed E-state index contributed by atoms with van der Waals surface area (Å²) in [5, 5.41) is 2.96. The summed E-state index contributed by atoms with van der Waals surface area (Å²) in [6, 6.07) is 22.7. The van der Waals surface area contributed by atoms with Gasteiger partial charge in [0.2, 0.25) is 11.8 Å².